The Morgan fingerprint density at radius 3 is 2.20 bits per heavy atom. The summed E-state index contributed by atoms with van der Waals surface area (Å²) in [6.07, 6.45) is 0. The lowest BCUT2D eigenvalue weighted by molar-refractivity contribution is 0.0944. The third kappa shape index (κ3) is 3.78. The number of sulfonamides is 1. The number of carbonyl (C=O) groups is 1. The molecule has 0 saturated heterocycles. The van der Waals surface area contributed by atoms with E-state index in [1.165, 1.54) is 28.6 Å². The first-order valence-electron chi connectivity index (χ1n) is 6.46. The summed E-state index contributed by atoms with van der Waals surface area (Å²) in [6.45, 7) is 4.38. The number of nitrogens with zero attached hydrogens (tertiary/aromatic N) is 1. The van der Waals surface area contributed by atoms with Crippen LogP contribution in [0, 0.1) is 0 Å². The topological polar surface area (TPSA) is 86.7 Å². The molecule has 0 atom stereocenters. The molecule has 0 heterocycles. The van der Waals surface area contributed by atoms with Gasteiger partial charge in [-0.3, -0.25) is 4.79 Å². The lowest BCUT2D eigenvalue weighted by Gasteiger charge is -2.18. The Morgan fingerprint density at radius 1 is 1.20 bits per heavy atom. The molecule has 0 fully saturated rings. The minimum absolute atomic E-state index is 0.139. The standard InChI is InChI=1S/C13H20N2O4S/c1-3-15(4-2)20(18,19)12-7-5-11(6-8-12)13(17)14-9-10-16/h5-8,16H,3-4,9-10H2,1-2H3,(H,14,17). The number of carbonyl (C=O) groups excluding carboxylic acids is 1. The van der Waals surface area contributed by atoms with E-state index in [2.05, 4.69) is 5.32 Å². The average molecular weight is 300 g/mol. The van der Waals surface area contributed by atoms with Crippen LogP contribution in [0.3, 0.4) is 0 Å². The highest BCUT2D eigenvalue weighted by atomic mass is 32.2. The van der Waals surface area contributed by atoms with Gasteiger partial charge in [0.2, 0.25) is 10.0 Å². The molecule has 0 aliphatic heterocycles. The zero-order chi connectivity index (χ0) is 15.2. The van der Waals surface area contributed by atoms with Gasteiger partial charge in [0.05, 0.1) is 11.5 Å². The van der Waals surface area contributed by atoms with Crippen molar-refractivity contribution in [3.05, 3.63) is 29.8 Å². The Bertz CT molecular complexity index is 536. The van der Waals surface area contributed by atoms with Gasteiger partial charge in [-0.15, -0.1) is 0 Å². The van der Waals surface area contributed by atoms with Crippen LogP contribution in [0.5, 0.6) is 0 Å². The predicted octanol–water partition coefficient (Wildman–Crippen LogP) is 0.439. The SMILES string of the molecule is CCN(CC)S(=O)(=O)c1ccc(C(=O)NCCO)cc1. The molecule has 7 heteroatoms. The minimum atomic E-state index is -3.50. The maximum absolute atomic E-state index is 12.2. The van der Waals surface area contributed by atoms with Gasteiger partial charge < -0.3 is 10.4 Å². The predicted molar refractivity (Wildman–Crippen MR) is 76.0 cm³/mol. The molecule has 1 rings (SSSR count). The lowest BCUT2D eigenvalue weighted by Crippen LogP contribution is -2.30. The van der Waals surface area contributed by atoms with E-state index in [1.807, 2.05) is 0 Å². The van der Waals surface area contributed by atoms with Gasteiger partial charge in [-0.25, -0.2) is 8.42 Å². The molecule has 1 aromatic carbocycles. The fraction of sp³-hybridized carbons (Fsp3) is 0.462. The van der Waals surface area contributed by atoms with E-state index in [9.17, 15) is 13.2 Å². The second-order valence-electron chi connectivity index (χ2n) is 4.09. The molecule has 6 nitrogen and oxygen atoms in total. The van der Waals surface area contributed by atoms with E-state index < -0.39 is 10.0 Å². The summed E-state index contributed by atoms with van der Waals surface area (Å²) >= 11 is 0. The molecule has 0 spiro atoms. The van der Waals surface area contributed by atoms with Crippen molar-refractivity contribution >= 4 is 15.9 Å². The normalized spacial score (nSPS) is 11.6. The first-order chi connectivity index (χ1) is 9.47. The van der Waals surface area contributed by atoms with Crippen LogP contribution in [-0.4, -0.2) is 50.0 Å². The Hall–Kier alpha value is -1.44. The Labute approximate surface area is 119 Å². The maximum Gasteiger partial charge on any atom is 0.251 e. The number of amides is 1. The fourth-order valence-corrected chi connectivity index (χ4v) is 3.22. The Balaban J connectivity index is 2.94. The number of rotatable bonds is 7. The Kier molecular flexibility index (Phi) is 6.12. The van der Waals surface area contributed by atoms with Gasteiger partial charge in [0.25, 0.3) is 5.91 Å². The van der Waals surface area contributed by atoms with Crippen molar-refractivity contribution in [2.75, 3.05) is 26.2 Å². The second-order valence-corrected chi connectivity index (χ2v) is 6.03. The summed E-state index contributed by atoms with van der Waals surface area (Å²) in [7, 11) is -3.50. The van der Waals surface area contributed by atoms with Crippen LogP contribution in [0.4, 0.5) is 0 Å². The van der Waals surface area contributed by atoms with Gasteiger partial charge in [0, 0.05) is 25.2 Å². The number of aliphatic hydroxyl groups excluding tert-OH is 1. The first-order valence-corrected chi connectivity index (χ1v) is 7.90. The second kappa shape index (κ2) is 7.37. The highest BCUT2D eigenvalue weighted by Gasteiger charge is 2.21. The van der Waals surface area contributed by atoms with Crippen molar-refractivity contribution in [3.8, 4) is 0 Å². The summed E-state index contributed by atoms with van der Waals surface area (Å²) in [4.78, 5) is 11.8. The number of aliphatic hydroxyl groups is 1. The van der Waals surface area contributed by atoms with Crippen molar-refractivity contribution in [3.63, 3.8) is 0 Å². The zero-order valence-corrected chi connectivity index (χ0v) is 12.5. The van der Waals surface area contributed by atoms with E-state index in [4.69, 9.17) is 5.11 Å². The number of nitrogens with one attached hydrogen (secondary N) is 1. The summed E-state index contributed by atoms with van der Waals surface area (Å²) in [6, 6.07) is 5.76. The summed E-state index contributed by atoms with van der Waals surface area (Å²) in [5.41, 5.74) is 0.358. The minimum Gasteiger partial charge on any atom is -0.395 e. The van der Waals surface area contributed by atoms with E-state index in [-0.39, 0.29) is 24.0 Å². The van der Waals surface area contributed by atoms with Crippen LogP contribution in [0.2, 0.25) is 0 Å². The van der Waals surface area contributed by atoms with Gasteiger partial charge in [0.1, 0.15) is 0 Å². The molecular weight excluding hydrogens is 280 g/mol. The highest BCUT2D eigenvalue weighted by molar-refractivity contribution is 7.89. The lowest BCUT2D eigenvalue weighted by atomic mass is 10.2. The summed E-state index contributed by atoms with van der Waals surface area (Å²) in [5, 5.41) is 11.1. The van der Waals surface area contributed by atoms with Crippen LogP contribution in [0.1, 0.15) is 24.2 Å². The van der Waals surface area contributed by atoms with Crippen molar-refractivity contribution in [2.24, 2.45) is 0 Å². The van der Waals surface area contributed by atoms with Gasteiger partial charge >= 0.3 is 0 Å². The average Bonchev–Trinajstić information content (AvgIpc) is 2.46. The largest absolute Gasteiger partial charge is 0.395 e. The molecule has 1 aromatic rings. The van der Waals surface area contributed by atoms with Crippen LogP contribution in [-0.2, 0) is 10.0 Å². The third-order valence-electron chi connectivity index (χ3n) is 2.86. The Morgan fingerprint density at radius 2 is 1.75 bits per heavy atom. The van der Waals surface area contributed by atoms with Gasteiger partial charge in [-0.1, -0.05) is 13.8 Å². The van der Waals surface area contributed by atoms with Crippen molar-refractivity contribution in [1.82, 2.24) is 9.62 Å². The molecule has 1 amide bonds. The van der Waals surface area contributed by atoms with E-state index in [1.54, 1.807) is 13.8 Å². The van der Waals surface area contributed by atoms with E-state index >= 15 is 0 Å². The van der Waals surface area contributed by atoms with Crippen molar-refractivity contribution < 1.29 is 18.3 Å². The summed E-state index contributed by atoms with van der Waals surface area (Å²) in [5.74, 6) is -0.342. The van der Waals surface area contributed by atoms with Gasteiger partial charge in [-0.2, -0.15) is 4.31 Å². The van der Waals surface area contributed by atoms with E-state index in [0.29, 0.717) is 18.7 Å². The van der Waals surface area contributed by atoms with Crippen LogP contribution < -0.4 is 5.32 Å². The molecule has 0 saturated carbocycles. The molecule has 0 radical (unpaired) electrons. The third-order valence-corrected chi connectivity index (χ3v) is 4.92. The molecule has 112 valence electrons. The molecule has 0 aromatic heterocycles. The number of hydrogen-bond donors (Lipinski definition) is 2. The van der Waals surface area contributed by atoms with Crippen molar-refractivity contribution in [1.29, 1.82) is 0 Å². The monoisotopic (exact) mass is 300 g/mol. The molecule has 0 aliphatic rings. The molecule has 0 bridgehead atoms. The fourth-order valence-electron chi connectivity index (χ4n) is 1.76. The van der Waals surface area contributed by atoms with Crippen LogP contribution in [0.15, 0.2) is 29.2 Å². The zero-order valence-electron chi connectivity index (χ0n) is 11.7. The van der Waals surface area contributed by atoms with Gasteiger partial charge in [0.15, 0.2) is 0 Å². The number of benzene rings is 1. The first kappa shape index (κ1) is 16.6. The maximum atomic E-state index is 12.2. The molecule has 0 unspecified atom stereocenters. The number of hydrogen-bond acceptors (Lipinski definition) is 4. The smallest absolute Gasteiger partial charge is 0.251 e. The van der Waals surface area contributed by atoms with Gasteiger partial charge in [-0.05, 0) is 24.3 Å². The van der Waals surface area contributed by atoms with E-state index in [0.717, 1.165) is 0 Å². The molecule has 2 N–H and O–H groups in total. The highest BCUT2D eigenvalue weighted by Crippen LogP contribution is 2.16. The van der Waals surface area contributed by atoms with Crippen LogP contribution >= 0.6 is 0 Å². The molecule has 20 heavy (non-hydrogen) atoms. The molecular formula is C13H20N2O4S. The van der Waals surface area contributed by atoms with Crippen LogP contribution in [0.25, 0.3) is 0 Å². The van der Waals surface area contributed by atoms with Crippen molar-refractivity contribution in [2.45, 2.75) is 18.7 Å². The quantitative estimate of drug-likeness (QED) is 0.765. The summed E-state index contributed by atoms with van der Waals surface area (Å²) < 4.78 is 25.8. The molecule has 0 aliphatic carbocycles.